The zero-order chi connectivity index (χ0) is 9.26. The molecule has 7 heteroatoms. The standard InChI is InChI=1S/C6H9N7/c1-7-4-11-5(8-2)13-6(12-4)9-3-10-13/h3H,1-2H3,(H2,7,8,9,10,11,12). The lowest BCUT2D eigenvalue weighted by atomic mass is 10.8. The topological polar surface area (TPSA) is 80.0 Å². The summed E-state index contributed by atoms with van der Waals surface area (Å²) in [5.74, 6) is 1.64. The summed E-state index contributed by atoms with van der Waals surface area (Å²) in [5, 5.41) is 9.70. The van der Waals surface area contributed by atoms with Crippen LogP contribution in [0.1, 0.15) is 0 Å². The fraction of sp³-hybridized carbons (Fsp3) is 0.333. The summed E-state index contributed by atoms with van der Waals surface area (Å²) in [5.41, 5.74) is 0. The molecular weight excluding hydrogens is 170 g/mol. The van der Waals surface area contributed by atoms with Gasteiger partial charge in [0.25, 0.3) is 5.78 Å². The minimum atomic E-state index is 0.517. The fourth-order valence-electron chi connectivity index (χ4n) is 1.00. The highest BCUT2D eigenvalue weighted by Gasteiger charge is 2.05. The molecular formula is C6H9N7. The molecule has 0 aromatic carbocycles. The first-order valence-corrected chi connectivity index (χ1v) is 3.78. The highest BCUT2D eigenvalue weighted by Crippen LogP contribution is 2.06. The molecule has 0 saturated heterocycles. The maximum absolute atomic E-state index is 4.14. The molecule has 0 amide bonds. The van der Waals surface area contributed by atoms with E-state index < -0.39 is 0 Å². The first-order valence-electron chi connectivity index (χ1n) is 3.78. The average Bonchev–Trinajstić information content (AvgIpc) is 2.63. The van der Waals surface area contributed by atoms with Gasteiger partial charge in [0.2, 0.25) is 11.9 Å². The molecule has 2 aromatic heterocycles. The van der Waals surface area contributed by atoms with Gasteiger partial charge in [0.15, 0.2) is 0 Å². The van der Waals surface area contributed by atoms with Gasteiger partial charge in [-0.1, -0.05) is 0 Å². The molecule has 13 heavy (non-hydrogen) atoms. The quantitative estimate of drug-likeness (QED) is 0.653. The van der Waals surface area contributed by atoms with Crippen LogP contribution in [0.25, 0.3) is 5.78 Å². The Hall–Kier alpha value is -1.92. The smallest absolute Gasteiger partial charge is 0.258 e. The van der Waals surface area contributed by atoms with Crippen LogP contribution in [-0.4, -0.2) is 38.7 Å². The van der Waals surface area contributed by atoms with Crippen molar-refractivity contribution in [2.45, 2.75) is 0 Å². The molecule has 2 aromatic rings. The Labute approximate surface area is 74.2 Å². The summed E-state index contributed by atoms with van der Waals surface area (Å²) in [6.07, 6.45) is 1.43. The van der Waals surface area contributed by atoms with Crippen LogP contribution in [0.2, 0.25) is 0 Å². The normalized spacial score (nSPS) is 10.3. The number of hydrogen-bond donors (Lipinski definition) is 2. The summed E-state index contributed by atoms with van der Waals surface area (Å²) in [6, 6.07) is 0. The maximum atomic E-state index is 4.14. The summed E-state index contributed by atoms with van der Waals surface area (Å²) in [4.78, 5) is 12.2. The third-order valence-corrected chi connectivity index (χ3v) is 1.60. The number of fused-ring (bicyclic) bond motifs is 1. The molecule has 0 unspecified atom stereocenters. The lowest BCUT2D eigenvalue weighted by Gasteiger charge is -2.03. The molecule has 68 valence electrons. The van der Waals surface area contributed by atoms with Gasteiger partial charge < -0.3 is 10.6 Å². The molecule has 0 atom stereocenters. The second-order valence-electron chi connectivity index (χ2n) is 2.34. The van der Waals surface area contributed by atoms with Crippen LogP contribution in [0.3, 0.4) is 0 Å². The van der Waals surface area contributed by atoms with Gasteiger partial charge in [-0.2, -0.15) is 24.6 Å². The Morgan fingerprint density at radius 3 is 2.77 bits per heavy atom. The summed E-state index contributed by atoms with van der Waals surface area (Å²) >= 11 is 0. The Morgan fingerprint density at radius 2 is 2.08 bits per heavy atom. The van der Waals surface area contributed by atoms with Crippen LogP contribution in [-0.2, 0) is 0 Å². The van der Waals surface area contributed by atoms with Gasteiger partial charge >= 0.3 is 0 Å². The zero-order valence-corrected chi connectivity index (χ0v) is 7.31. The molecule has 2 N–H and O–H groups in total. The Balaban J connectivity index is 2.70. The van der Waals surface area contributed by atoms with Gasteiger partial charge in [0, 0.05) is 14.1 Å². The van der Waals surface area contributed by atoms with Crippen LogP contribution in [0, 0.1) is 0 Å². The average molecular weight is 179 g/mol. The second kappa shape index (κ2) is 2.85. The minimum absolute atomic E-state index is 0.517. The number of hydrogen-bond acceptors (Lipinski definition) is 6. The van der Waals surface area contributed by atoms with E-state index in [2.05, 4.69) is 30.7 Å². The molecule has 0 spiro atoms. The van der Waals surface area contributed by atoms with Gasteiger partial charge in [-0.15, -0.1) is 0 Å². The number of anilines is 2. The zero-order valence-electron chi connectivity index (χ0n) is 7.31. The van der Waals surface area contributed by atoms with E-state index in [0.29, 0.717) is 17.7 Å². The molecule has 2 heterocycles. The van der Waals surface area contributed by atoms with Gasteiger partial charge in [0.1, 0.15) is 6.33 Å². The van der Waals surface area contributed by atoms with Crippen molar-refractivity contribution < 1.29 is 0 Å². The van der Waals surface area contributed by atoms with Crippen LogP contribution in [0.4, 0.5) is 11.9 Å². The monoisotopic (exact) mass is 179 g/mol. The van der Waals surface area contributed by atoms with E-state index in [1.54, 1.807) is 14.1 Å². The number of nitrogens with one attached hydrogen (secondary N) is 2. The van der Waals surface area contributed by atoms with E-state index in [1.807, 2.05) is 0 Å². The van der Waals surface area contributed by atoms with Crippen molar-refractivity contribution in [2.75, 3.05) is 24.7 Å². The first kappa shape index (κ1) is 7.71. The van der Waals surface area contributed by atoms with Crippen LogP contribution >= 0.6 is 0 Å². The third kappa shape index (κ3) is 1.13. The van der Waals surface area contributed by atoms with Crippen molar-refractivity contribution in [3.8, 4) is 0 Å². The van der Waals surface area contributed by atoms with E-state index in [0.717, 1.165) is 0 Å². The number of rotatable bonds is 2. The largest absolute Gasteiger partial charge is 0.357 e. The van der Waals surface area contributed by atoms with Crippen molar-refractivity contribution >= 4 is 17.7 Å². The fourth-order valence-corrected chi connectivity index (χ4v) is 1.00. The van der Waals surface area contributed by atoms with Crippen LogP contribution < -0.4 is 10.6 Å². The van der Waals surface area contributed by atoms with E-state index in [4.69, 9.17) is 0 Å². The molecule has 0 aliphatic heterocycles. The maximum Gasteiger partial charge on any atom is 0.258 e. The molecule has 0 radical (unpaired) electrons. The highest BCUT2D eigenvalue weighted by atomic mass is 15.4. The van der Waals surface area contributed by atoms with E-state index in [9.17, 15) is 0 Å². The van der Waals surface area contributed by atoms with Crippen LogP contribution in [0.15, 0.2) is 6.33 Å². The van der Waals surface area contributed by atoms with E-state index in [-0.39, 0.29) is 0 Å². The van der Waals surface area contributed by atoms with Crippen LogP contribution in [0.5, 0.6) is 0 Å². The molecule has 0 aliphatic rings. The van der Waals surface area contributed by atoms with Gasteiger partial charge in [0.05, 0.1) is 0 Å². The third-order valence-electron chi connectivity index (χ3n) is 1.60. The van der Waals surface area contributed by atoms with Crippen molar-refractivity contribution in [1.82, 2.24) is 24.6 Å². The molecule has 0 fully saturated rings. The number of aromatic nitrogens is 5. The molecule has 7 nitrogen and oxygen atoms in total. The molecule has 0 aliphatic carbocycles. The predicted molar refractivity (Wildman–Crippen MR) is 47.7 cm³/mol. The van der Waals surface area contributed by atoms with Crippen molar-refractivity contribution in [3.63, 3.8) is 0 Å². The first-order chi connectivity index (χ1) is 6.35. The van der Waals surface area contributed by atoms with E-state index >= 15 is 0 Å². The molecule has 2 rings (SSSR count). The minimum Gasteiger partial charge on any atom is -0.357 e. The van der Waals surface area contributed by atoms with Crippen molar-refractivity contribution in [1.29, 1.82) is 0 Å². The van der Waals surface area contributed by atoms with Crippen molar-refractivity contribution in [2.24, 2.45) is 0 Å². The summed E-state index contributed by atoms with van der Waals surface area (Å²) in [7, 11) is 3.52. The number of nitrogens with zero attached hydrogens (tertiary/aromatic N) is 5. The molecule has 0 saturated carbocycles. The Morgan fingerprint density at radius 1 is 1.23 bits per heavy atom. The Bertz CT molecular complexity index is 420. The summed E-state index contributed by atoms with van der Waals surface area (Å²) in [6.45, 7) is 0. The predicted octanol–water partition coefficient (Wildman–Crippen LogP) is -0.397. The lowest BCUT2D eigenvalue weighted by Crippen LogP contribution is -2.07. The Kier molecular flexibility index (Phi) is 1.69. The van der Waals surface area contributed by atoms with Gasteiger partial charge in [-0.3, -0.25) is 0 Å². The summed E-state index contributed by atoms with van der Waals surface area (Å²) < 4.78 is 1.53. The molecule has 0 bridgehead atoms. The second-order valence-corrected chi connectivity index (χ2v) is 2.34. The highest BCUT2D eigenvalue weighted by molar-refractivity contribution is 5.43. The van der Waals surface area contributed by atoms with Crippen molar-refractivity contribution in [3.05, 3.63) is 6.33 Å². The SMILES string of the molecule is CNc1nc(NC)n2ncnc2n1. The van der Waals surface area contributed by atoms with Gasteiger partial charge in [-0.05, 0) is 0 Å². The van der Waals surface area contributed by atoms with E-state index in [1.165, 1.54) is 10.8 Å². The van der Waals surface area contributed by atoms with Gasteiger partial charge in [-0.25, -0.2) is 0 Å². The lowest BCUT2D eigenvalue weighted by molar-refractivity contribution is 0.900.